The van der Waals surface area contributed by atoms with Gasteiger partial charge in [0.15, 0.2) is 5.75 Å². The number of hydrogen-bond acceptors (Lipinski definition) is 5. The Hall–Kier alpha value is -2.27. The van der Waals surface area contributed by atoms with Crippen molar-refractivity contribution in [1.82, 2.24) is 0 Å². The van der Waals surface area contributed by atoms with Crippen molar-refractivity contribution in [3.05, 3.63) is 28.1 Å². The first-order valence-electron chi connectivity index (χ1n) is 3.70. The number of carbonyl (C=O) groups excluding carboxylic acids is 1. The molecule has 0 saturated carbocycles. The van der Waals surface area contributed by atoms with Crippen LogP contribution in [0.5, 0.6) is 5.75 Å². The molecule has 0 amide bonds. The maximum Gasteiger partial charge on any atom is 0.308 e. The Balaban J connectivity index is 3.41. The van der Waals surface area contributed by atoms with Gasteiger partial charge in [0.25, 0.3) is 0 Å². The second kappa shape index (κ2) is 4.30. The van der Waals surface area contributed by atoms with Crippen molar-refractivity contribution in [2.45, 2.75) is 0 Å². The average Bonchev–Trinajstić information content (AvgIpc) is 2.18. The van der Waals surface area contributed by atoms with E-state index in [0.717, 1.165) is 12.1 Å². The second-order valence-corrected chi connectivity index (χ2v) is 2.44. The van der Waals surface area contributed by atoms with E-state index in [-0.39, 0.29) is 11.4 Å². The highest BCUT2D eigenvalue weighted by Crippen LogP contribution is 2.33. The molecule has 1 rings (SSSR count). The third-order valence-corrected chi connectivity index (χ3v) is 1.61. The van der Waals surface area contributed by atoms with Crippen LogP contribution in [0, 0.1) is 15.9 Å². The summed E-state index contributed by atoms with van der Waals surface area (Å²) in [6.45, 7) is 0. The van der Waals surface area contributed by atoms with Crippen molar-refractivity contribution >= 4 is 17.5 Å². The van der Waals surface area contributed by atoms with E-state index >= 15 is 0 Å². The average molecular weight is 212 g/mol. The van der Waals surface area contributed by atoms with Crippen LogP contribution in [0.25, 0.3) is 0 Å². The van der Waals surface area contributed by atoms with Crippen LogP contribution in [-0.2, 0) is 4.79 Å². The molecular weight excluding hydrogens is 207 g/mol. The van der Waals surface area contributed by atoms with Gasteiger partial charge in [-0.1, -0.05) is 0 Å². The molecule has 0 saturated heterocycles. The second-order valence-electron chi connectivity index (χ2n) is 2.44. The molecule has 0 fully saturated rings. The molecule has 0 aliphatic heterocycles. The Morgan fingerprint density at radius 3 is 2.73 bits per heavy atom. The summed E-state index contributed by atoms with van der Waals surface area (Å²) in [6, 6.07) is 1.59. The number of halogens is 1. The largest absolute Gasteiger partial charge is 0.494 e. The molecule has 1 aromatic rings. The summed E-state index contributed by atoms with van der Waals surface area (Å²) in [4.78, 5) is 22.6. The number of hydrogen-bond donors (Lipinski definition) is 0. The number of methoxy groups -OCH3 is 1. The Kier molecular flexibility index (Phi) is 3.10. The predicted molar refractivity (Wildman–Crippen MR) is 47.4 cm³/mol. The summed E-state index contributed by atoms with van der Waals surface area (Å²) < 4.78 is 17.8. The first kappa shape index (κ1) is 10.8. The lowest BCUT2D eigenvalue weighted by molar-refractivity contribution is -0.387. The molecular formula is C8H5FN2O4. The van der Waals surface area contributed by atoms with Crippen LogP contribution in [0.4, 0.5) is 15.8 Å². The lowest BCUT2D eigenvalue weighted by Gasteiger charge is -2.02. The molecule has 0 heterocycles. The summed E-state index contributed by atoms with van der Waals surface area (Å²) in [6.07, 6.45) is 1.19. The Bertz CT molecular complexity index is 454. The molecule has 1 aromatic carbocycles. The molecule has 0 radical (unpaired) electrons. The minimum absolute atomic E-state index is 0.0635. The monoisotopic (exact) mass is 212 g/mol. The first-order chi connectivity index (χ1) is 7.10. The highest BCUT2D eigenvalue weighted by molar-refractivity contribution is 5.61. The molecule has 15 heavy (non-hydrogen) atoms. The van der Waals surface area contributed by atoms with Crippen LogP contribution < -0.4 is 4.74 Å². The van der Waals surface area contributed by atoms with Crippen LogP contribution >= 0.6 is 0 Å². The molecule has 0 aromatic heterocycles. The topological polar surface area (TPSA) is 81.8 Å². The van der Waals surface area contributed by atoms with Gasteiger partial charge in [-0.2, -0.15) is 9.38 Å². The standard InChI is InChI=1S/C8H5FN2O4/c1-15-8-3-7(11(13)14)5(9)2-6(8)10-4-12/h2-3H,1H3. The van der Waals surface area contributed by atoms with Gasteiger partial charge in [-0.3, -0.25) is 10.1 Å². The number of isocyanates is 1. The number of nitrogens with zero attached hydrogens (tertiary/aromatic N) is 2. The number of rotatable bonds is 3. The van der Waals surface area contributed by atoms with E-state index in [4.69, 9.17) is 4.74 Å². The maximum absolute atomic E-state index is 13.1. The highest BCUT2D eigenvalue weighted by atomic mass is 19.1. The Morgan fingerprint density at radius 1 is 1.60 bits per heavy atom. The molecule has 0 bridgehead atoms. The summed E-state index contributed by atoms with van der Waals surface area (Å²) in [5.41, 5.74) is -0.882. The number of ether oxygens (including phenoxy) is 1. The highest BCUT2D eigenvalue weighted by Gasteiger charge is 2.18. The Labute approximate surface area is 83.2 Å². The van der Waals surface area contributed by atoms with Crippen LogP contribution in [-0.4, -0.2) is 18.1 Å². The van der Waals surface area contributed by atoms with Gasteiger partial charge in [0.2, 0.25) is 11.9 Å². The van der Waals surface area contributed by atoms with E-state index in [1.165, 1.54) is 13.2 Å². The Morgan fingerprint density at radius 2 is 2.27 bits per heavy atom. The summed E-state index contributed by atoms with van der Waals surface area (Å²) in [5.74, 6) is -1.15. The van der Waals surface area contributed by atoms with E-state index < -0.39 is 16.4 Å². The fraction of sp³-hybridized carbons (Fsp3) is 0.125. The molecule has 0 aliphatic rings. The molecule has 0 spiro atoms. The fourth-order valence-corrected chi connectivity index (χ4v) is 0.972. The number of benzene rings is 1. The van der Waals surface area contributed by atoms with Crippen molar-refractivity contribution in [3.8, 4) is 5.75 Å². The van der Waals surface area contributed by atoms with Crippen LogP contribution in [0.15, 0.2) is 17.1 Å². The zero-order valence-corrected chi connectivity index (χ0v) is 7.56. The molecule has 6 nitrogen and oxygen atoms in total. The predicted octanol–water partition coefficient (Wildman–Crippen LogP) is 1.71. The minimum atomic E-state index is -1.09. The molecule has 78 valence electrons. The van der Waals surface area contributed by atoms with Gasteiger partial charge in [0, 0.05) is 6.07 Å². The molecule has 0 atom stereocenters. The summed E-state index contributed by atoms with van der Waals surface area (Å²) in [7, 11) is 1.22. The molecule has 0 unspecified atom stereocenters. The van der Waals surface area contributed by atoms with E-state index in [1.54, 1.807) is 0 Å². The SMILES string of the molecule is COc1cc([N+](=O)[O-])c(F)cc1N=C=O. The minimum Gasteiger partial charge on any atom is -0.494 e. The lowest BCUT2D eigenvalue weighted by atomic mass is 10.2. The van der Waals surface area contributed by atoms with Crippen molar-refractivity contribution in [1.29, 1.82) is 0 Å². The van der Waals surface area contributed by atoms with Crippen LogP contribution in [0.2, 0.25) is 0 Å². The number of nitro benzene ring substituents is 1. The third-order valence-electron chi connectivity index (χ3n) is 1.61. The van der Waals surface area contributed by atoms with Crippen LogP contribution in [0.3, 0.4) is 0 Å². The normalized spacial score (nSPS) is 9.20. The van der Waals surface area contributed by atoms with E-state index in [1.807, 2.05) is 0 Å². The smallest absolute Gasteiger partial charge is 0.308 e. The van der Waals surface area contributed by atoms with Crippen LogP contribution in [0.1, 0.15) is 0 Å². The molecule has 7 heteroatoms. The van der Waals surface area contributed by atoms with E-state index in [0.29, 0.717) is 0 Å². The maximum atomic E-state index is 13.1. The third kappa shape index (κ3) is 2.15. The summed E-state index contributed by atoms with van der Waals surface area (Å²) in [5, 5.41) is 10.4. The van der Waals surface area contributed by atoms with Gasteiger partial charge in [0.05, 0.1) is 18.1 Å². The van der Waals surface area contributed by atoms with Gasteiger partial charge in [-0.15, -0.1) is 0 Å². The van der Waals surface area contributed by atoms with Crippen molar-refractivity contribution in [2.75, 3.05) is 7.11 Å². The van der Waals surface area contributed by atoms with Crippen molar-refractivity contribution in [3.63, 3.8) is 0 Å². The van der Waals surface area contributed by atoms with E-state index in [2.05, 4.69) is 4.99 Å². The van der Waals surface area contributed by atoms with Crippen molar-refractivity contribution in [2.24, 2.45) is 4.99 Å². The number of nitro groups is 1. The quantitative estimate of drug-likeness (QED) is 0.330. The van der Waals surface area contributed by atoms with Gasteiger partial charge in [-0.25, -0.2) is 4.79 Å². The van der Waals surface area contributed by atoms with Gasteiger partial charge >= 0.3 is 5.69 Å². The number of aliphatic imine (C=N–C) groups is 1. The van der Waals surface area contributed by atoms with Gasteiger partial charge in [-0.05, 0) is 0 Å². The molecule has 0 N–H and O–H groups in total. The lowest BCUT2D eigenvalue weighted by Crippen LogP contribution is -1.94. The zero-order chi connectivity index (χ0) is 11.4. The molecule has 0 aliphatic carbocycles. The fourth-order valence-electron chi connectivity index (χ4n) is 0.972. The zero-order valence-electron chi connectivity index (χ0n) is 7.56. The van der Waals surface area contributed by atoms with Gasteiger partial charge < -0.3 is 4.74 Å². The van der Waals surface area contributed by atoms with Gasteiger partial charge in [0.1, 0.15) is 5.69 Å². The first-order valence-corrected chi connectivity index (χ1v) is 3.70. The summed E-state index contributed by atoms with van der Waals surface area (Å²) >= 11 is 0. The van der Waals surface area contributed by atoms with E-state index in [9.17, 15) is 19.3 Å². The van der Waals surface area contributed by atoms with Crippen molar-refractivity contribution < 1.29 is 18.8 Å².